The van der Waals surface area contributed by atoms with Crippen molar-refractivity contribution in [2.24, 2.45) is 4.99 Å². The number of thioether (sulfide) groups is 1. The normalized spacial score (nSPS) is 13.7. The summed E-state index contributed by atoms with van der Waals surface area (Å²) in [6.45, 7) is 3.56. The highest BCUT2D eigenvalue weighted by atomic mass is 127. The molecule has 7 heteroatoms. The number of hydrogen-bond acceptors (Lipinski definition) is 4. The highest BCUT2D eigenvalue weighted by Gasteiger charge is 2.17. The zero-order chi connectivity index (χ0) is 17.8. The van der Waals surface area contributed by atoms with Crippen molar-refractivity contribution in [2.45, 2.75) is 13.5 Å². The predicted octanol–water partition coefficient (Wildman–Crippen LogP) is 5.55. The van der Waals surface area contributed by atoms with Gasteiger partial charge in [-0.05, 0) is 53.8 Å². The zero-order valence-electron chi connectivity index (χ0n) is 13.5. The number of aliphatic imine (C=N–C) groups is 1. The van der Waals surface area contributed by atoms with E-state index in [0.717, 1.165) is 32.0 Å². The lowest BCUT2D eigenvalue weighted by Gasteiger charge is -2.16. The first kappa shape index (κ1) is 18.8. The van der Waals surface area contributed by atoms with E-state index in [1.54, 1.807) is 17.8 Å². The predicted molar refractivity (Wildman–Crippen MR) is 110 cm³/mol. The van der Waals surface area contributed by atoms with Gasteiger partial charge in [0.05, 0.1) is 20.2 Å². The molecule has 25 heavy (non-hydrogen) atoms. The van der Waals surface area contributed by atoms with E-state index in [9.17, 15) is 4.39 Å². The molecular formula is C18H16ClFINO2S. The lowest BCUT2D eigenvalue weighted by atomic mass is 10.2. The molecule has 0 saturated carbocycles. The van der Waals surface area contributed by atoms with Crippen molar-refractivity contribution in [1.82, 2.24) is 0 Å². The number of halogens is 3. The number of nitrogens with zero attached hydrogens (tertiary/aromatic N) is 1. The summed E-state index contributed by atoms with van der Waals surface area (Å²) in [7, 11) is 0. The fourth-order valence-corrected chi connectivity index (χ4v) is 4.21. The molecule has 1 aliphatic rings. The maximum atomic E-state index is 13.2. The Balaban J connectivity index is 1.86. The highest BCUT2D eigenvalue weighted by Crippen LogP contribution is 2.37. The minimum absolute atomic E-state index is 0.240. The second-order valence-corrected chi connectivity index (χ2v) is 7.93. The van der Waals surface area contributed by atoms with Crippen LogP contribution in [0.2, 0.25) is 5.02 Å². The van der Waals surface area contributed by atoms with Gasteiger partial charge in [0.1, 0.15) is 12.4 Å². The summed E-state index contributed by atoms with van der Waals surface area (Å²) < 4.78 is 25.8. The molecule has 0 fully saturated rings. The van der Waals surface area contributed by atoms with Crippen LogP contribution < -0.4 is 9.47 Å². The molecule has 0 amide bonds. The molecule has 132 valence electrons. The van der Waals surface area contributed by atoms with Gasteiger partial charge >= 0.3 is 0 Å². The van der Waals surface area contributed by atoms with E-state index in [-0.39, 0.29) is 12.4 Å². The number of benzene rings is 2. The van der Waals surface area contributed by atoms with E-state index < -0.39 is 0 Å². The molecule has 0 saturated heterocycles. The number of rotatable bonds is 6. The number of ether oxygens (including phenoxy) is 2. The minimum Gasteiger partial charge on any atom is -0.490 e. The van der Waals surface area contributed by atoms with Crippen LogP contribution in [0.3, 0.4) is 0 Å². The van der Waals surface area contributed by atoms with Gasteiger partial charge in [0, 0.05) is 23.4 Å². The second-order valence-electron chi connectivity index (χ2n) is 5.28. The van der Waals surface area contributed by atoms with Crippen LogP contribution in [-0.2, 0) is 6.61 Å². The van der Waals surface area contributed by atoms with Gasteiger partial charge in [-0.2, -0.15) is 0 Å². The van der Waals surface area contributed by atoms with E-state index in [2.05, 4.69) is 27.6 Å². The molecule has 2 aromatic rings. The summed E-state index contributed by atoms with van der Waals surface area (Å²) in [5.41, 5.74) is 1.77. The SMILES string of the molecule is CCOc1cc(C2=NCCS2)cc(I)c1OCc1ccc(F)cc1Cl. The Bertz CT molecular complexity index is 816. The summed E-state index contributed by atoms with van der Waals surface area (Å²) in [6, 6.07) is 8.29. The molecule has 0 bridgehead atoms. The Morgan fingerprint density at radius 1 is 1.28 bits per heavy atom. The largest absolute Gasteiger partial charge is 0.490 e. The van der Waals surface area contributed by atoms with Gasteiger partial charge in [-0.15, -0.1) is 11.8 Å². The van der Waals surface area contributed by atoms with Crippen molar-refractivity contribution >= 4 is 51.0 Å². The first-order valence-corrected chi connectivity index (χ1v) is 10.2. The van der Waals surface area contributed by atoms with E-state index in [1.807, 2.05) is 19.1 Å². The topological polar surface area (TPSA) is 30.8 Å². The smallest absolute Gasteiger partial charge is 0.175 e. The Kier molecular flexibility index (Phi) is 6.46. The Morgan fingerprint density at radius 3 is 2.80 bits per heavy atom. The van der Waals surface area contributed by atoms with Crippen molar-refractivity contribution in [3.63, 3.8) is 0 Å². The highest BCUT2D eigenvalue weighted by molar-refractivity contribution is 14.1. The van der Waals surface area contributed by atoms with Crippen LogP contribution in [0.1, 0.15) is 18.1 Å². The van der Waals surface area contributed by atoms with Crippen LogP contribution in [0.15, 0.2) is 35.3 Å². The van der Waals surface area contributed by atoms with Crippen molar-refractivity contribution in [3.05, 3.63) is 55.9 Å². The van der Waals surface area contributed by atoms with Crippen molar-refractivity contribution < 1.29 is 13.9 Å². The van der Waals surface area contributed by atoms with Crippen LogP contribution in [0.4, 0.5) is 4.39 Å². The quantitative estimate of drug-likeness (QED) is 0.496. The molecule has 0 aromatic heterocycles. The van der Waals surface area contributed by atoms with Gasteiger partial charge in [-0.1, -0.05) is 17.7 Å². The third kappa shape index (κ3) is 4.60. The molecule has 0 aliphatic carbocycles. The molecule has 0 spiro atoms. The van der Waals surface area contributed by atoms with Gasteiger partial charge in [-0.3, -0.25) is 4.99 Å². The molecule has 2 aromatic carbocycles. The van der Waals surface area contributed by atoms with Gasteiger partial charge in [0.2, 0.25) is 0 Å². The average Bonchev–Trinajstić information content (AvgIpc) is 3.10. The molecule has 0 N–H and O–H groups in total. The number of hydrogen-bond donors (Lipinski definition) is 0. The van der Waals surface area contributed by atoms with E-state index >= 15 is 0 Å². The van der Waals surface area contributed by atoms with Crippen LogP contribution in [0.25, 0.3) is 0 Å². The summed E-state index contributed by atoms with van der Waals surface area (Å²) in [5.74, 6) is 1.99. The third-order valence-corrected chi connectivity index (χ3v) is 5.71. The molecule has 3 rings (SSSR count). The standard InChI is InChI=1S/C18H16ClFINO2S/c1-2-23-16-8-12(18-22-5-6-25-18)7-15(21)17(16)24-10-11-3-4-13(20)9-14(11)19/h3-4,7-9H,2,5-6,10H2,1H3. The van der Waals surface area contributed by atoms with Crippen molar-refractivity contribution in [3.8, 4) is 11.5 Å². The van der Waals surface area contributed by atoms with Gasteiger partial charge < -0.3 is 9.47 Å². The van der Waals surface area contributed by atoms with Crippen LogP contribution >= 0.6 is 46.0 Å². The Hall–Kier alpha value is -0.990. The fourth-order valence-electron chi connectivity index (χ4n) is 2.39. The van der Waals surface area contributed by atoms with Crippen molar-refractivity contribution in [1.29, 1.82) is 0 Å². The van der Waals surface area contributed by atoms with E-state index in [4.69, 9.17) is 21.1 Å². The first-order chi connectivity index (χ1) is 12.1. The molecule has 0 atom stereocenters. The summed E-state index contributed by atoms with van der Waals surface area (Å²) in [6.07, 6.45) is 0. The third-order valence-electron chi connectivity index (χ3n) is 3.53. The zero-order valence-corrected chi connectivity index (χ0v) is 17.3. The van der Waals surface area contributed by atoms with E-state index in [1.165, 1.54) is 12.1 Å². The van der Waals surface area contributed by atoms with Gasteiger partial charge in [0.15, 0.2) is 11.5 Å². The lowest BCUT2D eigenvalue weighted by Crippen LogP contribution is -2.04. The molecule has 0 unspecified atom stereocenters. The summed E-state index contributed by atoms with van der Waals surface area (Å²) in [4.78, 5) is 4.52. The Labute approximate surface area is 169 Å². The monoisotopic (exact) mass is 491 g/mol. The average molecular weight is 492 g/mol. The van der Waals surface area contributed by atoms with Gasteiger partial charge in [-0.25, -0.2) is 4.39 Å². The molecule has 3 nitrogen and oxygen atoms in total. The maximum Gasteiger partial charge on any atom is 0.175 e. The first-order valence-electron chi connectivity index (χ1n) is 7.79. The summed E-state index contributed by atoms with van der Waals surface area (Å²) in [5, 5.41) is 1.38. The van der Waals surface area contributed by atoms with Crippen LogP contribution in [0.5, 0.6) is 11.5 Å². The van der Waals surface area contributed by atoms with Crippen molar-refractivity contribution in [2.75, 3.05) is 18.9 Å². The maximum absolute atomic E-state index is 13.2. The van der Waals surface area contributed by atoms with Crippen LogP contribution in [-0.4, -0.2) is 23.9 Å². The van der Waals surface area contributed by atoms with Crippen LogP contribution in [0, 0.1) is 9.39 Å². The van der Waals surface area contributed by atoms with E-state index in [0.29, 0.717) is 23.1 Å². The van der Waals surface area contributed by atoms with Gasteiger partial charge in [0.25, 0.3) is 0 Å². The second kappa shape index (κ2) is 8.60. The lowest BCUT2D eigenvalue weighted by molar-refractivity contribution is 0.267. The minimum atomic E-state index is -0.363. The molecular weight excluding hydrogens is 476 g/mol. The fraction of sp³-hybridized carbons (Fsp3) is 0.278. The molecule has 1 heterocycles. The Morgan fingerprint density at radius 2 is 2.12 bits per heavy atom. The molecule has 0 radical (unpaired) electrons. The molecule has 1 aliphatic heterocycles. The summed E-state index contributed by atoms with van der Waals surface area (Å²) >= 11 is 10.1.